The SMILES string of the molecule is O=C(NCC(O)c1ccco1)c1sccc1SC(F)F. The minimum absolute atomic E-state index is 0.0525. The molecule has 2 rings (SSSR count). The number of carbonyl (C=O) groups is 1. The molecule has 0 spiro atoms. The quantitative estimate of drug-likeness (QED) is 0.803. The number of halogens is 2. The lowest BCUT2D eigenvalue weighted by molar-refractivity contribution is 0.0902. The number of aliphatic hydroxyl groups is 1. The Morgan fingerprint density at radius 2 is 2.30 bits per heavy atom. The first-order chi connectivity index (χ1) is 9.58. The van der Waals surface area contributed by atoms with E-state index >= 15 is 0 Å². The van der Waals surface area contributed by atoms with Gasteiger partial charge < -0.3 is 14.8 Å². The van der Waals surface area contributed by atoms with Gasteiger partial charge in [0.15, 0.2) is 0 Å². The number of thiophene rings is 1. The molecule has 1 amide bonds. The summed E-state index contributed by atoms with van der Waals surface area (Å²) in [6, 6.07) is 4.68. The van der Waals surface area contributed by atoms with Gasteiger partial charge in [0.1, 0.15) is 16.7 Å². The van der Waals surface area contributed by atoms with Crippen molar-refractivity contribution in [3.05, 3.63) is 40.5 Å². The standard InChI is InChI=1S/C12H11F2NO3S2/c13-12(14)20-9-3-5-19-10(9)11(17)15-6-7(16)8-2-1-4-18-8/h1-5,7,12,16H,6H2,(H,15,17). The molecule has 108 valence electrons. The van der Waals surface area contributed by atoms with Crippen LogP contribution in [0.3, 0.4) is 0 Å². The second kappa shape index (κ2) is 6.87. The molecule has 20 heavy (non-hydrogen) atoms. The molecule has 0 aliphatic carbocycles. The summed E-state index contributed by atoms with van der Waals surface area (Å²) in [4.78, 5) is 12.3. The summed E-state index contributed by atoms with van der Waals surface area (Å²) >= 11 is 1.40. The van der Waals surface area contributed by atoms with E-state index in [0.717, 1.165) is 11.3 Å². The van der Waals surface area contributed by atoms with Gasteiger partial charge in [-0.3, -0.25) is 4.79 Å². The van der Waals surface area contributed by atoms with Gasteiger partial charge >= 0.3 is 0 Å². The molecular formula is C12H11F2NO3S2. The molecule has 2 heterocycles. The second-order valence-corrected chi connectivity index (χ2v) is 5.68. The predicted molar refractivity (Wildman–Crippen MR) is 72.2 cm³/mol. The average molecular weight is 319 g/mol. The first kappa shape index (κ1) is 15.0. The maximum Gasteiger partial charge on any atom is 0.288 e. The number of rotatable bonds is 6. The van der Waals surface area contributed by atoms with Crippen molar-refractivity contribution in [1.29, 1.82) is 0 Å². The Bertz CT molecular complexity index is 557. The molecule has 0 bridgehead atoms. The summed E-state index contributed by atoms with van der Waals surface area (Å²) in [5, 5.41) is 13.8. The smallest absolute Gasteiger partial charge is 0.288 e. The Hall–Kier alpha value is -1.38. The highest BCUT2D eigenvalue weighted by Gasteiger charge is 2.18. The van der Waals surface area contributed by atoms with E-state index in [1.54, 1.807) is 17.5 Å². The fourth-order valence-corrected chi connectivity index (χ4v) is 3.12. The molecule has 2 aromatic heterocycles. The minimum atomic E-state index is -2.58. The van der Waals surface area contributed by atoms with Crippen LogP contribution in [-0.2, 0) is 0 Å². The van der Waals surface area contributed by atoms with Crippen LogP contribution in [0.1, 0.15) is 21.5 Å². The fourth-order valence-electron chi connectivity index (χ4n) is 1.50. The highest BCUT2D eigenvalue weighted by Crippen LogP contribution is 2.31. The van der Waals surface area contributed by atoms with Crippen molar-refractivity contribution < 1.29 is 23.1 Å². The third-order valence-corrected chi connectivity index (χ3v) is 4.19. The van der Waals surface area contributed by atoms with Crippen LogP contribution in [0.4, 0.5) is 8.78 Å². The maximum absolute atomic E-state index is 12.3. The van der Waals surface area contributed by atoms with Gasteiger partial charge in [-0.2, -0.15) is 8.78 Å². The van der Waals surface area contributed by atoms with Crippen LogP contribution < -0.4 is 5.32 Å². The number of aliphatic hydroxyl groups excluding tert-OH is 1. The van der Waals surface area contributed by atoms with Crippen LogP contribution in [0.2, 0.25) is 0 Å². The lowest BCUT2D eigenvalue weighted by Crippen LogP contribution is -2.28. The predicted octanol–water partition coefficient (Wildman–Crippen LogP) is 3.12. The Morgan fingerprint density at radius 1 is 1.50 bits per heavy atom. The Balaban J connectivity index is 1.93. The fraction of sp³-hybridized carbons (Fsp3) is 0.250. The molecule has 0 saturated carbocycles. The molecule has 0 aliphatic heterocycles. The van der Waals surface area contributed by atoms with E-state index in [4.69, 9.17) is 4.42 Å². The van der Waals surface area contributed by atoms with E-state index in [2.05, 4.69) is 5.32 Å². The number of hydrogen-bond donors (Lipinski definition) is 2. The van der Waals surface area contributed by atoms with Gasteiger partial charge in [-0.15, -0.1) is 11.3 Å². The highest BCUT2D eigenvalue weighted by molar-refractivity contribution is 7.99. The van der Waals surface area contributed by atoms with E-state index in [0.29, 0.717) is 17.5 Å². The van der Waals surface area contributed by atoms with Crippen molar-refractivity contribution in [1.82, 2.24) is 5.32 Å². The summed E-state index contributed by atoms with van der Waals surface area (Å²) in [5.74, 6) is -2.74. The zero-order chi connectivity index (χ0) is 14.5. The van der Waals surface area contributed by atoms with Crippen LogP contribution in [0.15, 0.2) is 39.2 Å². The Kier molecular flexibility index (Phi) is 5.16. The first-order valence-electron chi connectivity index (χ1n) is 5.60. The van der Waals surface area contributed by atoms with Gasteiger partial charge in [0.25, 0.3) is 11.7 Å². The number of thioether (sulfide) groups is 1. The van der Waals surface area contributed by atoms with Crippen LogP contribution >= 0.6 is 23.1 Å². The topological polar surface area (TPSA) is 62.5 Å². The highest BCUT2D eigenvalue weighted by atomic mass is 32.2. The molecule has 0 fully saturated rings. The zero-order valence-corrected chi connectivity index (χ0v) is 11.7. The molecule has 2 aromatic rings. The van der Waals surface area contributed by atoms with E-state index in [-0.39, 0.29) is 16.3 Å². The molecule has 8 heteroatoms. The second-order valence-electron chi connectivity index (χ2n) is 3.73. The zero-order valence-electron chi connectivity index (χ0n) is 10.1. The molecular weight excluding hydrogens is 308 g/mol. The van der Waals surface area contributed by atoms with Crippen molar-refractivity contribution in [3.63, 3.8) is 0 Å². The number of amides is 1. The molecule has 0 aromatic carbocycles. The van der Waals surface area contributed by atoms with E-state index in [1.807, 2.05) is 0 Å². The molecule has 1 unspecified atom stereocenters. The van der Waals surface area contributed by atoms with Crippen LogP contribution in [0.25, 0.3) is 0 Å². The number of alkyl halides is 2. The first-order valence-corrected chi connectivity index (χ1v) is 7.36. The third-order valence-electron chi connectivity index (χ3n) is 2.38. The lowest BCUT2D eigenvalue weighted by Gasteiger charge is -2.09. The van der Waals surface area contributed by atoms with Crippen molar-refractivity contribution in [2.24, 2.45) is 0 Å². The third kappa shape index (κ3) is 3.81. The maximum atomic E-state index is 12.3. The molecule has 2 N–H and O–H groups in total. The molecule has 4 nitrogen and oxygen atoms in total. The van der Waals surface area contributed by atoms with Gasteiger partial charge in [0, 0.05) is 4.90 Å². The molecule has 0 saturated heterocycles. The van der Waals surface area contributed by atoms with Gasteiger partial charge in [-0.25, -0.2) is 0 Å². The van der Waals surface area contributed by atoms with Crippen molar-refractivity contribution >= 4 is 29.0 Å². The lowest BCUT2D eigenvalue weighted by atomic mass is 10.2. The van der Waals surface area contributed by atoms with Gasteiger partial charge in [-0.1, -0.05) is 11.8 Å². The summed E-state index contributed by atoms with van der Waals surface area (Å²) in [6.45, 7) is -0.0525. The number of furan rings is 1. The van der Waals surface area contributed by atoms with Crippen molar-refractivity contribution in [3.8, 4) is 0 Å². The van der Waals surface area contributed by atoms with Gasteiger partial charge in [-0.05, 0) is 23.6 Å². The van der Waals surface area contributed by atoms with Crippen molar-refractivity contribution in [2.45, 2.75) is 16.8 Å². The normalized spacial score (nSPS) is 12.6. The molecule has 1 atom stereocenters. The number of nitrogens with one attached hydrogen (secondary N) is 1. The Labute approximate surface area is 121 Å². The number of carbonyl (C=O) groups excluding carboxylic acids is 1. The van der Waals surface area contributed by atoms with Crippen molar-refractivity contribution in [2.75, 3.05) is 6.54 Å². The molecule has 0 radical (unpaired) electrons. The van der Waals surface area contributed by atoms with Crippen LogP contribution in [0, 0.1) is 0 Å². The summed E-state index contributed by atoms with van der Waals surface area (Å²) < 4.78 is 29.6. The number of hydrogen-bond acceptors (Lipinski definition) is 5. The molecule has 0 aliphatic rings. The largest absolute Gasteiger partial charge is 0.467 e. The summed E-state index contributed by atoms with van der Waals surface area (Å²) in [6.07, 6.45) is 0.442. The van der Waals surface area contributed by atoms with Crippen LogP contribution in [-0.4, -0.2) is 23.3 Å². The van der Waals surface area contributed by atoms with E-state index < -0.39 is 17.8 Å². The average Bonchev–Trinajstić information content (AvgIpc) is 3.05. The van der Waals surface area contributed by atoms with E-state index in [1.165, 1.54) is 12.3 Å². The Morgan fingerprint density at radius 3 is 2.95 bits per heavy atom. The van der Waals surface area contributed by atoms with E-state index in [9.17, 15) is 18.7 Å². The summed E-state index contributed by atoms with van der Waals surface area (Å²) in [7, 11) is 0. The van der Waals surface area contributed by atoms with Gasteiger partial charge in [0.2, 0.25) is 0 Å². The summed E-state index contributed by atoms with van der Waals surface area (Å²) in [5.41, 5.74) is 0. The van der Waals surface area contributed by atoms with Gasteiger partial charge in [0.05, 0.1) is 12.8 Å². The minimum Gasteiger partial charge on any atom is -0.467 e. The monoisotopic (exact) mass is 319 g/mol. The van der Waals surface area contributed by atoms with Crippen LogP contribution in [0.5, 0.6) is 0 Å².